The Labute approximate surface area is 116 Å². The molecule has 0 bridgehead atoms. The molecule has 0 fully saturated rings. The number of hydrogen-bond acceptors (Lipinski definition) is 2. The van der Waals surface area contributed by atoms with Crippen molar-refractivity contribution in [1.82, 2.24) is 0 Å². The molecule has 2 nitrogen and oxygen atoms in total. The van der Waals surface area contributed by atoms with E-state index in [2.05, 4.69) is 44.9 Å². The van der Waals surface area contributed by atoms with Gasteiger partial charge in [-0.3, -0.25) is 0 Å². The first-order chi connectivity index (χ1) is 8.51. The third-order valence-electron chi connectivity index (χ3n) is 3.21. The van der Waals surface area contributed by atoms with E-state index in [1.165, 1.54) is 16.8 Å². The highest BCUT2D eigenvalue weighted by atomic mass is 35.5. The van der Waals surface area contributed by atoms with Gasteiger partial charge in [-0.2, -0.15) is 0 Å². The van der Waals surface area contributed by atoms with Gasteiger partial charge in [0.25, 0.3) is 0 Å². The zero-order valence-electron chi connectivity index (χ0n) is 12.1. The predicted octanol–water partition coefficient (Wildman–Crippen LogP) is 4.19. The van der Waals surface area contributed by atoms with Crippen molar-refractivity contribution in [2.75, 3.05) is 31.5 Å². The summed E-state index contributed by atoms with van der Waals surface area (Å²) in [5, 5.41) is 0. The number of alkyl halides is 1. The fourth-order valence-corrected chi connectivity index (χ4v) is 2.26. The van der Waals surface area contributed by atoms with Gasteiger partial charge in [-0.15, -0.1) is 11.6 Å². The second kappa shape index (κ2) is 6.89. The lowest BCUT2D eigenvalue weighted by atomic mass is 9.98. The van der Waals surface area contributed by atoms with Crippen LogP contribution in [0, 0.1) is 6.92 Å². The van der Waals surface area contributed by atoms with Crippen molar-refractivity contribution in [1.29, 1.82) is 0 Å². The molecule has 0 radical (unpaired) electrons. The Morgan fingerprint density at radius 3 is 2.50 bits per heavy atom. The number of hydrogen-bond donors (Lipinski definition) is 0. The van der Waals surface area contributed by atoms with Crippen molar-refractivity contribution in [2.24, 2.45) is 0 Å². The summed E-state index contributed by atoms with van der Waals surface area (Å²) in [7, 11) is 3.85. The lowest BCUT2D eigenvalue weighted by Gasteiger charge is -2.24. The van der Waals surface area contributed by atoms with Gasteiger partial charge in [0.2, 0.25) is 0 Å². The summed E-state index contributed by atoms with van der Waals surface area (Å²) in [6, 6.07) is 4.37. The van der Waals surface area contributed by atoms with Crippen LogP contribution >= 0.6 is 11.6 Å². The van der Waals surface area contributed by atoms with E-state index in [4.69, 9.17) is 16.3 Å². The fraction of sp³-hybridized carbons (Fsp3) is 0.600. The SMILES string of the molecule is COc1cc(C)c(N(C)CCCCl)cc1C(C)C. The summed E-state index contributed by atoms with van der Waals surface area (Å²) in [6.45, 7) is 7.48. The number of benzene rings is 1. The number of methoxy groups -OCH3 is 1. The third kappa shape index (κ3) is 3.55. The zero-order valence-corrected chi connectivity index (χ0v) is 12.8. The van der Waals surface area contributed by atoms with Crippen LogP contribution in [0.5, 0.6) is 5.75 Å². The Hall–Kier alpha value is -0.890. The molecule has 0 aliphatic rings. The standard InChI is InChI=1S/C15H24ClNO/c1-11(2)13-10-14(17(4)8-6-7-16)12(3)9-15(13)18-5/h9-11H,6-8H2,1-5H3. The maximum absolute atomic E-state index is 5.76. The molecule has 0 aliphatic heterocycles. The minimum atomic E-state index is 0.459. The van der Waals surface area contributed by atoms with Crippen molar-refractivity contribution in [3.8, 4) is 5.75 Å². The van der Waals surface area contributed by atoms with Gasteiger partial charge < -0.3 is 9.64 Å². The molecule has 1 rings (SSSR count). The lowest BCUT2D eigenvalue weighted by molar-refractivity contribution is 0.407. The molecule has 0 heterocycles. The van der Waals surface area contributed by atoms with Crippen molar-refractivity contribution in [3.63, 3.8) is 0 Å². The summed E-state index contributed by atoms with van der Waals surface area (Å²) < 4.78 is 5.46. The number of ether oxygens (including phenoxy) is 1. The largest absolute Gasteiger partial charge is 0.496 e. The van der Waals surface area contributed by atoms with E-state index in [0.717, 1.165) is 18.7 Å². The minimum absolute atomic E-state index is 0.459. The van der Waals surface area contributed by atoms with E-state index in [0.29, 0.717) is 11.8 Å². The van der Waals surface area contributed by atoms with Crippen molar-refractivity contribution in [2.45, 2.75) is 33.1 Å². The molecule has 0 amide bonds. The second-order valence-electron chi connectivity index (χ2n) is 5.00. The summed E-state index contributed by atoms with van der Waals surface area (Å²) >= 11 is 5.76. The molecule has 1 aromatic carbocycles. The third-order valence-corrected chi connectivity index (χ3v) is 3.48. The number of halogens is 1. The Morgan fingerprint density at radius 1 is 1.33 bits per heavy atom. The molecular weight excluding hydrogens is 246 g/mol. The summed E-state index contributed by atoms with van der Waals surface area (Å²) in [5.74, 6) is 2.15. The van der Waals surface area contributed by atoms with E-state index < -0.39 is 0 Å². The van der Waals surface area contributed by atoms with Gasteiger partial charge in [0, 0.05) is 25.2 Å². The Kier molecular flexibility index (Phi) is 5.80. The summed E-state index contributed by atoms with van der Waals surface area (Å²) in [5.41, 5.74) is 3.77. The maximum atomic E-state index is 5.76. The molecule has 0 aromatic heterocycles. The number of aryl methyl sites for hydroxylation is 1. The van der Waals surface area contributed by atoms with Gasteiger partial charge in [0.05, 0.1) is 7.11 Å². The topological polar surface area (TPSA) is 12.5 Å². The first kappa shape index (κ1) is 15.2. The van der Waals surface area contributed by atoms with Crippen LogP contribution < -0.4 is 9.64 Å². The van der Waals surface area contributed by atoms with Gasteiger partial charge in [-0.05, 0) is 42.5 Å². The summed E-state index contributed by atoms with van der Waals surface area (Å²) in [4.78, 5) is 2.27. The Bertz CT molecular complexity index is 390. The molecule has 0 saturated heterocycles. The van der Waals surface area contributed by atoms with Crippen LogP contribution in [-0.2, 0) is 0 Å². The molecule has 0 saturated carbocycles. The molecule has 1 aromatic rings. The predicted molar refractivity (Wildman–Crippen MR) is 80.4 cm³/mol. The molecule has 102 valence electrons. The highest BCUT2D eigenvalue weighted by Gasteiger charge is 2.13. The van der Waals surface area contributed by atoms with Crippen molar-refractivity contribution >= 4 is 17.3 Å². The molecule has 0 spiro atoms. The zero-order chi connectivity index (χ0) is 13.7. The van der Waals surface area contributed by atoms with Crippen molar-refractivity contribution in [3.05, 3.63) is 23.3 Å². The quantitative estimate of drug-likeness (QED) is 0.718. The van der Waals surface area contributed by atoms with Crippen LogP contribution in [0.2, 0.25) is 0 Å². The highest BCUT2D eigenvalue weighted by Crippen LogP contribution is 2.33. The van der Waals surface area contributed by atoms with Crippen LogP contribution in [0.3, 0.4) is 0 Å². The van der Waals surface area contributed by atoms with Crippen LogP contribution in [0.4, 0.5) is 5.69 Å². The minimum Gasteiger partial charge on any atom is -0.496 e. The van der Waals surface area contributed by atoms with Crippen LogP contribution in [0.1, 0.15) is 37.3 Å². The molecule has 0 unspecified atom stereocenters. The maximum Gasteiger partial charge on any atom is 0.122 e. The van der Waals surface area contributed by atoms with Gasteiger partial charge in [-0.25, -0.2) is 0 Å². The first-order valence-corrected chi connectivity index (χ1v) is 7.00. The second-order valence-corrected chi connectivity index (χ2v) is 5.38. The number of anilines is 1. The molecule has 18 heavy (non-hydrogen) atoms. The monoisotopic (exact) mass is 269 g/mol. The van der Waals surface area contributed by atoms with Crippen LogP contribution in [0.15, 0.2) is 12.1 Å². The molecule has 0 atom stereocenters. The molecule has 0 aliphatic carbocycles. The highest BCUT2D eigenvalue weighted by molar-refractivity contribution is 6.17. The van der Waals surface area contributed by atoms with E-state index >= 15 is 0 Å². The molecule has 3 heteroatoms. The fourth-order valence-electron chi connectivity index (χ4n) is 2.14. The molecule has 0 N–H and O–H groups in total. The smallest absolute Gasteiger partial charge is 0.122 e. The Morgan fingerprint density at radius 2 is 2.00 bits per heavy atom. The van der Waals surface area contributed by atoms with Crippen LogP contribution in [0.25, 0.3) is 0 Å². The van der Waals surface area contributed by atoms with E-state index in [1.807, 2.05) is 0 Å². The lowest BCUT2D eigenvalue weighted by Crippen LogP contribution is -2.20. The Balaban J connectivity index is 3.08. The average molecular weight is 270 g/mol. The van der Waals surface area contributed by atoms with Gasteiger partial charge in [-0.1, -0.05) is 13.8 Å². The normalized spacial score (nSPS) is 10.8. The van der Waals surface area contributed by atoms with Crippen molar-refractivity contribution < 1.29 is 4.74 Å². The van der Waals surface area contributed by atoms with Crippen LogP contribution in [-0.4, -0.2) is 26.6 Å². The average Bonchev–Trinajstić information content (AvgIpc) is 2.34. The number of rotatable bonds is 6. The van der Waals surface area contributed by atoms with E-state index in [1.54, 1.807) is 7.11 Å². The van der Waals surface area contributed by atoms with E-state index in [-0.39, 0.29) is 0 Å². The van der Waals surface area contributed by atoms with Gasteiger partial charge in [0.15, 0.2) is 0 Å². The van der Waals surface area contributed by atoms with Gasteiger partial charge >= 0.3 is 0 Å². The van der Waals surface area contributed by atoms with Gasteiger partial charge in [0.1, 0.15) is 5.75 Å². The molecular formula is C15H24ClNO. The number of nitrogens with zero attached hydrogens (tertiary/aromatic N) is 1. The van der Waals surface area contributed by atoms with E-state index in [9.17, 15) is 0 Å². The summed E-state index contributed by atoms with van der Waals surface area (Å²) in [6.07, 6.45) is 1.00. The first-order valence-electron chi connectivity index (χ1n) is 6.46.